The van der Waals surface area contributed by atoms with E-state index in [4.69, 9.17) is 21.7 Å². The molecule has 0 aliphatic carbocycles. The minimum absolute atomic E-state index is 0.247. The second-order valence-corrected chi connectivity index (χ2v) is 5.56. The van der Waals surface area contributed by atoms with E-state index in [9.17, 15) is 4.79 Å². The molecule has 6 heteroatoms. The van der Waals surface area contributed by atoms with Crippen molar-refractivity contribution in [2.24, 2.45) is 0 Å². The zero-order valence-electron chi connectivity index (χ0n) is 13.0. The summed E-state index contributed by atoms with van der Waals surface area (Å²) in [5, 5.41) is 5.64. The van der Waals surface area contributed by atoms with Gasteiger partial charge in [-0.3, -0.25) is 10.1 Å². The highest BCUT2D eigenvalue weighted by molar-refractivity contribution is 7.80. The number of hydrogen-bond acceptors (Lipinski definition) is 4. The van der Waals surface area contributed by atoms with Crippen molar-refractivity contribution < 1.29 is 14.3 Å². The summed E-state index contributed by atoms with van der Waals surface area (Å²) >= 11 is 4.91. The molecule has 1 aliphatic rings. The van der Waals surface area contributed by atoms with Crippen molar-refractivity contribution in [2.75, 3.05) is 7.11 Å². The van der Waals surface area contributed by atoms with Gasteiger partial charge in [-0.15, -0.1) is 0 Å². The Balaban J connectivity index is 1.77. The van der Waals surface area contributed by atoms with E-state index in [0.717, 1.165) is 11.1 Å². The quantitative estimate of drug-likeness (QED) is 0.647. The van der Waals surface area contributed by atoms with E-state index in [1.807, 2.05) is 48.5 Å². The third-order valence-electron chi connectivity index (χ3n) is 3.46. The van der Waals surface area contributed by atoms with Crippen LogP contribution in [0.15, 0.2) is 54.2 Å². The number of ether oxygens (including phenoxy) is 2. The topological polar surface area (TPSA) is 59.6 Å². The zero-order chi connectivity index (χ0) is 16.9. The summed E-state index contributed by atoms with van der Waals surface area (Å²) in [5.74, 6) is 0.993. The molecule has 2 aromatic rings. The molecular weight excluding hydrogens is 324 g/mol. The van der Waals surface area contributed by atoms with Gasteiger partial charge in [-0.05, 0) is 41.6 Å². The highest BCUT2D eigenvalue weighted by atomic mass is 32.1. The Labute approximate surface area is 145 Å². The Morgan fingerprint density at radius 1 is 1.08 bits per heavy atom. The van der Waals surface area contributed by atoms with Crippen molar-refractivity contribution in [1.82, 2.24) is 10.6 Å². The van der Waals surface area contributed by atoms with Crippen molar-refractivity contribution in [3.8, 4) is 11.5 Å². The third kappa shape index (κ3) is 3.72. The molecule has 3 rings (SSSR count). The Kier molecular flexibility index (Phi) is 4.77. The second-order valence-electron chi connectivity index (χ2n) is 5.15. The van der Waals surface area contributed by atoms with Crippen LogP contribution in [-0.2, 0) is 11.4 Å². The second kappa shape index (κ2) is 7.14. The standard InChI is InChI=1S/C18H16N2O3S/c1-22-16-10-13(9-14-17(21)20-18(24)19-14)7-8-15(16)23-11-12-5-3-2-4-6-12/h2-10H,11H2,1H3,(H2,19,20,21,24)/b14-9+. The third-order valence-corrected chi connectivity index (χ3v) is 3.66. The van der Waals surface area contributed by atoms with E-state index in [1.54, 1.807) is 13.2 Å². The Morgan fingerprint density at radius 2 is 1.88 bits per heavy atom. The van der Waals surface area contributed by atoms with Crippen molar-refractivity contribution in [3.05, 3.63) is 65.4 Å². The first kappa shape index (κ1) is 16.0. The molecule has 122 valence electrons. The predicted octanol–water partition coefficient (Wildman–Crippen LogP) is 2.62. The van der Waals surface area contributed by atoms with Gasteiger partial charge in [0.05, 0.1) is 7.11 Å². The Morgan fingerprint density at radius 3 is 2.54 bits per heavy atom. The first-order valence-electron chi connectivity index (χ1n) is 7.34. The molecule has 1 aliphatic heterocycles. The van der Waals surface area contributed by atoms with Gasteiger partial charge in [-0.25, -0.2) is 0 Å². The number of methoxy groups -OCH3 is 1. The molecule has 1 saturated heterocycles. The number of rotatable bonds is 5. The van der Waals surface area contributed by atoms with Crippen LogP contribution in [0.4, 0.5) is 0 Å². The Bertz CT molecular complexity index is 803. The summed E-state index contributed by atoms with van der Waals surface area (Å²) in [7, 11) is 1.58. The largest absolute Gasteiger partial charge is 0.493 e. The van der Waals surface area contributed by atoms with Crippen LogP contribution in [0.1, 0.15) is 11.1 Å². The van der Waals surface area contributed by atoms with Crippen molar-refractivity contribution in [1.29, 1.82) is 0 Å². The van der Waals surface area contributed by atoms with Crippen LogP contribution < -0.4 is 20.1 Å². The zero-order valence-corrected chi connectivity index (χ0v) is 13.9. The van der Waals surface area contributed by atoms with E-state index in [-0.39, 0.29) is 5.91 Å². The van der Waals surface area contributed by atoms with Crippen LogP contribution in [0, 0.1) is 0 Å². The molecule has 5 nitrogen and oxygen atoms in total. The van der Waals surface area contributed by atoms with E-state index in [0.29, 0.717) is 28.9 Å². The lowest BCUT2D eigenvalue weighted by molar-refractivity contribution is -0.115. The van der Waals surface area contributed by atoms with Gasteiger partial charge in [-0.2, -0.15) is 0 Å². The summed E-state index contributed by atoms with van der Waals surface area (Å²) in [6, 6.07) is 15.4. The van der Waals surface area contributed by atoms with E-state index >= 15 is 0 Å². The van der Waals surface area contributed by atoms with Gasteiger partial charge < -0.3 is 14.8 Å². The number of thiocarbonyl (C=S) groups is 1. The van der Waals surface area contributed by atoms with Gasteiger partial charge in [-0.1, -0.05) is 36.4 Å². The molecule has 0 saturated carbocycles. The summed E-state index contributed by atoms with van der Waals surface area (Å²) in [5.41, 5.74) is 2.28. The lowest BCUT2D eigenvalue weighted by Crippen LogP contribution is -2.21. The van der Waals surface area contributed by atoms with Crippen LogP contribution in [-0.4, -0.2) is 18.1 Å². The predicted molar refractivity (Wildman–Crippen MR) is 95.6 cm³/mol. The minimum Gasteiger partial charge on any atom is -0.493 e. The minimum atomic E-state index is -0.247. The van der Waals surface area contributed by atoms with Crippen molar-refractivity contribution in [2.45, 2.75) is 6.61 Å². The molecule has 1 fully saturated rings. The van der Waals surface area contributed by atoms with Crippen LogP contribution in [0.25, 0.3) is 6.08 Å². The highest BCUT2D eigenvalue weighted by Gasteiger charge is 2.20. The smallest absolute Gasteiger partial charge is 0.273 e. The summed E-state index contributed by atoms with van der Waals surface area (Å²) in [4.78, 5) is 11.7. The van der Waals surface area contributed by atoms with Gasteiger partial charge in [0.2, 0.25) is 0 Å². The average molecular weight is 340 g/mol. The highest BCUT2D eigenvalue weighted by Crippen LogP contribution is 2.29. The molecule has 0 unspecified atom stereocenters. The van der Waals surface area contributed by atoms with Crippen molar-refractivity contribution >= 4 is 29.3 Å². The molecule has 0 spiro atoms. The molecule has 0 aromatic heterocycles. The molecule has 1 heterocycles. The molecule has 2 N–H and O–H groups in total. The number of benzene rings is 2. The van der Waals surface area contributed by atoms with Crippen LogP contribution in [0.2, 0.25) is 0 Å². The fraction of sp³-hybridized carbons (Fsp3) is 0.111. The molecule has 1 amide bonds. The SMILES string of the molecule is COc1cc(/C=C2/NC(=S)NC2=O)ccc1OCc1ccccc1. The molecule has 0 radical (unpaired) electrons. The summed E-state index contributed by atoms with van der Waals surface area (Å²) in [6.07, 6.45) is 1.71. The van der Waals surface area contributed by atoms with Gasteiger partial charge in [0.15, 0.2) is 16.6 Å². The van der Waals surface area contributed by atoms with Crippen LogP contribution >= 0.6 is 12.2 Å². The maximum absolute atomic E-state index is 11.7. The number of nitrogens with one attached hydrogen (secondary N) is 2. The van der Waals surface area contributed by atoms with Crippen molar-refractivity contribution in [3.63, 3.8) is 0 Å². The number of hydrogen-bond donors (Lipinski definition) is 2. The molecular formula is C18H16N2O3S. The van der Waals surface area contributed by atoms with Gasteiger partial charge in [0, 0.05) is 0 Å². The van der Waals surface area contributed by atoms with Crippen LogP contribution in [0.5, 0.6) is 11.5 Å². The maximum Gasteiger partial charge on any atom is 0.273 e. The lowest BCUT2D eigenvalue weighted by Gasteiger charge is -2.11. The molecule has 0 bridgehead atoms. The molecule has 2 aromatic carbocycles. The first-order chi connectivity index (χ1) is 11.7. The molecule has 0 atom stereocenters. The maximum atomic E-state index is 11.7. The normalized spacial score (nSPS) is 15.1. The number of carbonyl (C=O) groups excluding carboxylic acids is 1. The van der Waals surface area contributed by atoms with Gasteiger partial charge in [0.25, 0.3) is 5.91 Å². The average Bonchev–Trinajstić information content (AvgIpc) is 2.91. The monoisotopic (exact) mass is 340 g/mol. The molecule has 24 heavy (non-hydrogen) atoms. The van der Waals surface area contributed by atoms with Gasteiger partial charge in [0.1, 0.15) is 12.3 Å². The fourth-order valence-electron chi connectivity index (χ4n) is 2.28. The van der Waals surface area contributed by atoms with E-state index < -0.39 is 0 Å². The number of amides is 1. The lowest BCUT2D eigenvalue weighted by atomic mass is 10.1. The number of carbonyl (C=O) groups is 1. The summed E-state index contributed by atoms with van der Waals surface area (Å²) in [6.45, 7) is 0.454. The Hall–Kier alpha value is -2.86. The van der Waals surface area contributed by atoms with Gasteiger partial charge >= 0.3 is 0 Å². The van der Waals surface area contributed by atoms with Crippen LogP contribution in [0.3, 0.4) is 0 Å². The fourth-order valence-corrected chi connectivity index (χ4v) is 2.48. The van der Waals surface area contributed by atoms with E-state index in [2.05, 4.69) is 10.6 Å². The first-order valence-corrected chi connectivity index (χ1v) is 7.75. The summed E-state index contributed by atoms with van der Waals surface area (Å²) < 4.78 is 11.2. The van der Waals surface area contributed by atoms with E-state index in [1.165, 1.54) is 0 Å².